The smallest absolute Gasteiger partial charge is 0.281 e. The normalized spacial score (nSPS) is 17.3. The number of aryl methyl sites for hydroxylation is 2. The van der Waals surface area contributed by atoms with Gasteiger partial charge in [0.2, 0.25) is 20.8 Å². The molecule has 1 amide bonds. The maximum absolute atomic E-state index is 13.6. The minimum absolute atomic E-state index is 0.0437. The van der Waals surface area contributed by atoms with E-state index >= 15 is 0 Å². The molecule has 6 rings (SSSR count). The third-order valence-electron chi connectivity index (χ3n) is 8.45. The molecule has 4 heterocycles. The van der Waals surface area contributed by atoms with Gasteiger partial charge in [0.25, 0.3) is 5.56 Å². The van der Waals surface area contributed by atoms with Crippen molar-refractivity contribution in [3.05, 3.63) is 57.9 Å². The number of rotatable bonds is 5. The van der Waals surface area contributed by atoms with Crippen molar-refractivity contribution < 1.29 is 17.9 Å². The van der Waals surface area contributed by atoms with Crippen LogP contribution in [0.15, 0.2) is 51.1 Å². The summed E-state index contributed by atoms with van der Waals surface area (Å²) < 4.78 is 34.0. The zero-order valence-electron chi connectivity index (χ0n) is 24.3. The number of carbonyl (C=O) groups excluding carboxylic acids is 1. The number of amides is 1. The molecule has 2 aromatic carbocycles. The number of aromatic nitrogens is 4. The van der Waals surface area contributed by atoms with Crippen molar-refractivity contribution in [1.82, 2.24) is 29.6 Å². The highest BCUT2D eigenvalue weighted by Gasteiger charge is 2.39. The molecule has 1 N–H and O–H groups in total. The second-order valence-electron chi connectivity index (χ2n) is 11.5. The number of sulfone groups is 1. The summed E-state index contributed by atoms with van der Waals surface area (Å²) in [4.78, 5) is 36.9. The highest BCUT2D eigenvalue weighted by molar-refractivity contribution is 7.91. The molecule has 13 heteroatoms. The van der Waals surface area contributed by atoms with Crippen LogP contribution in [0.4, 0.5) is 5.69 Å². The van der Waals surface area contributed by atoms with Crippen molar-refractivity contribution in [3.63, 3.8) is 0 Å². The maximum atomic E-state index is 13.6. The molecule has 0 atom stereocenters. The summed E-state index contributed by atoms with van der Waals surface area (Å²) in [5, 5.41) is 6.95. The molecule has 0 radical (unpaired) electrons. The number of aromatic amines is 1. The Hall–Kier alpha value is -3.81. The lowest BCUT2D eigenvalue weighted by molar-refractivity contribution is -0.147. The lowest BCUT2D eigenvalue weighted by Crippen LogP contribution is -2.62. The van der Waals surface area contributed by atoms with Crippen LogP contribution >= 0.6 is 0 Å². The van der Waals surface area contributed by atoms with Gasteiger partial charge in [-0.3, -0.25) is 14.5 Å². The monoisotopic (exact) mass is 593 g/mol. The third-order valence-corrected chi connectivity index (χ3v) is 10.3. The van der Waals surface area contributed by atoms with Gasteiger partial charge in [0.1, 0.15) is 0 Å². The molecule has 2 aliphatic rings. The Labute approximate surface area is 243 Å². The van der Waals surface area contributed by atoms with Gasteiger partial charge in [-0.2, -0.15) is 4.98 Å². The molecule has 2 fully saturated rings. The Bertz CT molecular complexity index is 1850. The van der Waals surface area contributed by atoms with Crippen molar-refractivity contribution in [2.45, 2.75) is 43.2 Å². The van der Waals surface area contributed by atoms with E-state index in [-0.39, 0.29) is 21.5 Å². The van der Waals surface area contributed by atoms with Gasteiger partial charge in [-0.15, -0.1) is 5.10 Å². The standard InChI is InChI=1S/C29H35N7O5S/c1-19-5-8-24(20(2)17-19)42(39,40)27-25-30-26(37)22-7-6-21(18-23(22)36(25)32-31-27)33-9-11-35(12-10-33)29(3,4)28(38)34-13-15-41-16-14-34/h5-8,17-18,32H,9-16H2,1-4H3. The fourth-order valence-electron chi connectivity index (χ4n) is 5.99. The number of piperazine rings is 1. The molecule has 0 unspecified atom stereocenters. The number of hydrogen-bond donors (Lipinski definition) is 1. The summed E-state index contributed by atoms with van der Waals surface area (Å²) in [6, 6.07) is 10.5. The highest BCUT2D eigenvalue weighted by Crippen LogP contribution is 2.28. The minimum atomic E-state index is -4.04. The summed E-state index contributed by atoms with van der Waals surface area (Å²) in [5.74, 6) is 0.116. The molecule has 0 saturated carbocycles. The lowest BCUT2D eigenvalue weighted by Gasteiger charge is -2.45. The first-order valence-corrected chi connectivity index (χ1v) is 15.6. The van der Waals surface area contributed by atoms with Gasteiger partial charge in [0.05, 0.1) is 34.6 Å². The molecular formula is C29H35N7O5S. The second kappa shape index (κ2) is 10.5. The molecule has 4 aromatic rings. The van der Waals surface area contributed by atoms with Crippen LogP contribution in [-0.2, 0) is 19.4 Å². The average Bonchev–Trinajstić information content (AvgIpc) is 3.42. The van der Waals surface area contributed by atoms with Gasteiger partial charge in [-0.1, -0.05) is 17.7 Å². The summed E-state index contributed by atoms with van der Waals surface area (Å²) >= 11 is 0. The summed E-state index contributed by atoms with van der Waals surface area (Å²) in [7, 11) is -4.04. The number of nitrogens with zero attached hydrogens (tertiary/aromatic N) is 6. The minimum Gasteiger partial charge on any atom is -0.378 e. The number of ether oxygens (including phenoxy) is 1. The number of hydrogen-bond acceptors (Lipinski definition) is 9. The van der Waals surface area contributed by atoms with Crippen molar-refractivity contribution in [1.29, 1.82) is 0 Å². The molecule has 42 heavy (non-hydrogen) atoms. The Morgan fingerprint density at radius 2 is 1.69 bits per heavy atom. The maximum Gasteiger partial charge on any atom is 0.281 e. The van der Waals surface area contributed by atoms with E-state index in [4.69, 9.17) is 4.74 Å². The topological polar surface area (TPSA) is 133 Å². The van der Waals surface area contributed by atoms with Crippen molar-refractivity contribution in [3.8, 4) is 0 Å². The fraction of sp³-hybridized carbons (Fsp3) is 0.448. The van der Waals surface area contributed by atoms with Gasteiger partial charge in [-0.05, 0) is 57.5 Å². The number of anilines is 1. The largest absolute Gasteiger partial charge is 0.378 e. The number of morpholine rings is 1. The molecule has 0 spiro atoms. The molecule has 0 aliphatic carbocycles. The lowest BCUT2D eigenvalue weighted by atomic mass is 9.99. The summed E-state index contributed by atoms with van der Waals surface area (Å²) in [5.41, 5.74) is 1.71. The Morgan fingerprint density at radius 1 is 0.976 bits per heavy atom. The van der Waals surface area contributed by atoms with E-state index < -0.39 is 20.9 Å². The number of nitrogens with one attached hydrogen (secondary N) is 1. The van der Waals surface area contributed by atoms with Crippen LogP contribution in [0.3, 0.4) is 0 Å². The van der Waals surface area contributed by atoms with E-state index in [0.29, 0.717) is 68.9 Å². The second-order valence-corrected chi connectivity index (χ2v) is 13.3. The molecule has 222 valence electrons. The molecule has 2 saturated heterocycles. The van der Waals surface area contributed by atoms with E-state index in [2.05, 4.69) is 25.1 Å². The van der Waals surface area contributed by atoms with Gasteiger partial charge >= 0.3 is 0 Å². The fourth-order valence-corrected chi connectivity index (χ4v) is 7.47. The van der Waals surface area contributed by atoms with Crippen molar-refractivity contribution >= 4 is 38.0 Å². The van der Waals surface area contributed by atoms with Crippen LogP contribution < -0.4 is 10.5 Å². The number of carbonyl (C=O) groups is 1. The Balaban J connectivity index is 1.29. The first-order chi connectivity index (χ1) is 20.0. The molecular weight excluding hydrogens is 558 g/mol. The third kappa shape index (κ3) is 4.74. The van der Waals surface area contributed by atoms with E-state index in [1.807, 2.05) is 37.8 Å². The van der Waals surface area contributed by atoms with E-state index in [9.17, 15) is 18.0 Å². The first-order valence-electron chi connectivity index (χ1n) is 14.1. The molecule has 0 bridgehead atoms. The van der Waals surface area contributed by atoms with Gasteiger partial charge in [0.15, 0.2) is 5.65 Å². The molecule has 2 aromatic heterocycles. The van der Waals surface area contributed by atoms with Gasteiger partial charge in [0, 0.05) is 45.0 Å². The SMILES string of the molecule is Cc1ccc(S(=O)(=O)c2n[nH]n3c2nc(=O)c2ccc(N4CCN(C(C)(C)C(=O)N5CCOCC5)CC4)cc23)c(C)c1. The number of fused-ring (bicyclic) bond motifs is 3. The Morgan fingerprint density at radius 3 is 2.38 bits per heavy atom. The van der Waals surface area contributed by atoms with Crippen LogP contribution in [0.25, 0.3) is 16.6 Å². The van der Waals surface area contributed by atoms with Crippen molar-refractivity contribution in [2.75, 3.05) is 57.4 Å². The van der Waals surface area contributed by atoms with Crippen molar-refractivity contribution in [2.24, 2.45) is 0 Å². The number of benzene rings is 2. The average molecular weight is 594 g/mol. The van der Waals surface area contributed by atoms with Crippen LogP contribution in [0, 0.1) is 13.8 Å². The summed E-state index contributed by atoms with van der Waals surface area (Å²) in [6.45, 7) is 12.7. The molecule has 2 aliphatic heterocycles. The predicted octanol–water partition coefficient (Wildman–Crippen LogP) is 1.78. The van der Waals surface area contributed by atoms with Crippen LogP contribution in [0.5, 0.6) is 0 Å². The van der Waals surface area contributed by atoms with Crippen LogP contribution in [0.1, 0.15) is 25.0 Å². The summed E-state index contributed by atoms with van der Waals surface area (Å²) in [6.07, 6.45) is 0. The zero-order chi connectivity index (χ0) is 29.8. The van der Waals surface area contributed by atoms with Crippen LogP contribution in [-0.4, -0.2) is 102 Å². The van der Waals surface area contributed by atoms with Gasteiger partial charge in [-0.25, -0.2) is 18.1 Å². The zero-order valence-corrected chi connectivity index (χ0v) is 25.1. The van der Waals surface area contributed by atoms with E-state index in [1.54, 1.807) is 31.2 Å². The van der Waals surface area contributed by atoms with E-state index in [0.717, 1.165) is 11.3 Å². The van der Waals surface area contributed by atoms with Crippen LogP contribution in [0.2, 0.25) is 0 Å². The van der Waals surface area contributed by atoms with Gasteiger partial charge < -0.3 is 14.5 Å². The van der Waals surface area contributed by atoms with E-state index in [1.165, 1.54) is 4.52 Å². The molecule has 12 nitrogen and oxygen atoms in total. The predicted molar refractivity (Wildman–Crippen MR) is 158 cm³/mol. The number of H-pyrrole nitrogens is 1. The quantitative estimate of drug-likeness (QED) is 0.368. The highest BCUT2D eigenvalue weighted by atomic mass is 32.2. The Kier molecular flexibility index (Phi) is 7.06. The first kappa shape index (κ1) is 28.3.